The Labute approximate surface area is 117 Å². The highest BCUT2D eigenvalue weighted by atomic mass is 16.4. The van der Waals surface area contributed by atoms with Gasteiger partial charge in [-0.25, -0.2) is 4.79 Å². The van der Waals surface area contributed by atoms with Gasteiger partial charge >= 0.3 is 5.97 Å². The van der Waals surface area contributed by atoms with Crippen molar-refractivity contribution in [2.45, 2.75) is 19.5 Å². The molecule has 0 fully saturated rings. The van der Waals surface area contributed by atoms with E-state index in [4.69, 9.17) is 5.11 Å². The lowest BCUT2D eigenvalue weighted by molar-refractivity contribution is 0.0688. The van der Waals surface area contributed by atoms with Crippen molar-refractivity contribution in [3.8, 4) is 0 Å². The van der Waals surface area contributed by atoms with Crippen LogP contribution >= 0.6 is 0 Å². The highest BCUT2D eigenvalue weighted by Crippen LogP contribution is 2.23. The number of benzene rings is 1. The maximum absolute atomic E-state index is 11.2. The quantitative estimate of drug-likeness (QED) is 0.922. The van der Waals surface area contributed by atoms with E-state index in [0.717, 1.165) is 37.3 Å². The molecular formula is C15H17N3O2. The molecule has 0 amide bonds. The zero-order chi connectivity index (χ0) is 14.1. The molecule has 5 nitrogen and oxygen atoms in total. The van der Waals surface area contributed by atoms with Gasteiger partial charge in [0.1, 0.15) is 0 Å². The largest absolute Gasteiger partial charge is 0.476 e. The van der Waals surface area contributed by atoms with Gasteiger partial charge in [0.25, 0.3) is 0 Å². The lowest BCUT2D eigenvalue weighted by atomic mass is 10.0. The van der Waals surface area contributed by atoms with Crippen LogP contribution in [0.5, 0.6) is 0 Å². The minimum absolute atomic E-state index is 0.210. The van der Waals surface area contributed by atoms with Gasteiger partial charge in [0, 0.05) is 32.2 Å². The van der Waals surface area contributed by atoms with Crippen molar-refractivity contribution < 1.29 is 9.90 Å². The average molecular weight is 271 g/mol. The monoisotopic (exact) mass is 271 g/mol. The number of hydrogen-bond donors (Lipinski definition) is 1. The molecule has 2 aromatic rings. The number of carboxylic acid groups (broad SMARTS) is 1. The summed E-state index contributed by atoms with van der Waals surface area (Å²) >= 11 is 0. The molecule has 20 heavy (non-hydrogen) atoms. The summed E-state index contributed by atoms with van der Waals surface area (Å²) in [5.41, 5.74) is 3.40. The van der Waals surface area contributed by atoms with Gasteiger partial charge in [-0.2, -0.15) is 5.10 Å². The zero-order valence-electron chi connectivity index (χ0n) is 11.4. The first-order valence-corrected chi connectivity index (χ1v) is 6.69. The second kappa shape index (κ2) is 5.09. The summed E-state index contributed by atoms with van der Waals surface area (Å²) in [7, 11) is 1.82. The van der Waals surface area contributed by atoms with Crippen LogP contribution in [0.3, 0.4) is 0 Å². The summed E-state index contributed by atoms with van der Waals surface area (Å²) in [5.74, 6) is -0.932. The molecule has 0 atom stereocenters. The number of rotatable bonds is 3. The Hall–Kier alpha value is -2.14. The second-order valence-corrected chi connectivity index (χ2v) is 5.15. The summed E-state index contributed by atoms with van der Waals surface area (Å²) < 4.78 is 1.70. The van der Waals surface area contributed by atoms with Gasteiger partial charge in [0.15, 0.2) is 5.69 Å². The standard InChI is InChI=1S/C15H17N3O2/c1-17-13-10-18(9-11-5-3-2-4-6-11)8-7-12(13)14(16-17)15(19)20/h2-6H,7-10H2,1H3,(H,19,20). The minimum Gasteiger partial charge on any atom is -0.476 e. The summed E-state index contributed by atoms with van der Waals surface area (Å²) in [5, 5.41) is 13.3. The van der Waals surface area contributed by atoms with E-state index in [1.165, 1.54) is 5.56 Å². The van der Waals surface area contributed by atoms with Gasteiger partial charge in [-0.3, -0.25) is 9.58 Å². The molecule has 0 aliphatic carbocycles. The Bertz CT molecular complexity index is 634. The van der Waals surface area contributed by atoms with Crippen LogP contribution in [0.4, 0.5) is 0 Å². The highest BCUT2D eigenvalue weighted by molar-refractivity contribution is 5.87. The third-order valence-corrected chi connectivity index (χ3v) is 3.78. The van der Waals surface area contributed by atoms with Crippen LogP contribution in [0.15, 0.2) is 30.3 Å². The zero-order valence-corrected chi connectivity index (χ0v) is 11.4. The number of aryl methyl sites for hydroxylation is 1. The first-order valence-electron chi connectivity index (χ1n) is 6.69. The molecule has 1 aromatic carbocycles. The lowest BCUT2D eigenvalue weighted by Gasteiger charge is -2.27. The van der Waals surface area contributed by atoms with E-state index < -0.39 is 5.97 Å². The van der Waals surface area contributed by atoms with Crippen LogP contribution in [0.1, 0.15) is 27.3 Å². The van der Waals surface area contributed by atoms with Crippen molar-refractivity contribution in [3.63, 3.8) is 0 Å². The maximum Gasteiger partial charge on any atom is 0.356 e. The lowest BCUT2D eigenvalue weighted by Crippen LogP contribution is -2.31. The predicted molar refractivity (Wildman–Crippen MR) is 74.4 cm³/mol. The van der Waals surface area contributed by atoms with Gasteiger partial charge in [-0.1, -0.05) is 30.3 Å². The highest BCUT2D eigenvalue weighted by Gasteiger charge is 2.26. The number of hydrogen-bond acceptors (Lipinski definition) is 3. The van der Waals surface area contributed by atoms with Crippen LogP contribution in [0, 0.1) is 0 Å². The molecule has 1 aliphatic rings. The molecule has 1 aliphatic heterocycles. The maximum atomic E-state index is 11.2. The fraction of sp³-hybridized carbons (Fsp3) is 0.333. The van der Waals surface area contributed by atoms with Crippen molar-refractivity contribution in [1.82, 2.24) is 14.7 Å². The Morgan fingerprint density at radius 1 is 1.35 bits per heavy atom. The van der Waals surface area contributed by atoms with Crippen LogP contribution in [-0.2, 0) is 26.6 Å². The number of nitrogens with zero attached hydrogens (tertiary/aromatic N) is 3. The van der Waals surface area contributed by atoms with Crippen LogP contribution in [-0.4, -0.2) is 32.3 Å². The number of aromatic carboxylic acids is 1. The average Bonchev–Trinajstić information content (AvgIpc) is 2.77. The third-order valence-electron chi connectivity index (χ3n) is 3.78. The van der Waals surface area contributed by atoms with Crippen molar-refractivity contribution in [1.29, 1.82) is 0 Å². The molecule has 1 aromatic heterocycles. The van der Waals surface area contributed by atoms with Crippen LogP contribution in [0.2, 0.25) is 0 Å². The van der Waals surface area contributed by atoms with E-state index in [0.29, 0.717) is 0 Å². The van der Waals surface area contributed by atoms with Gasteiger partial charge in [-0.05, 0) is 12.0 Å². The number of carbonyl (C=O) groups is 1. The molecule has 1 N–H and O–H groups in total. The van der Waals surface area contributed by atoms with Gasteiger partial charge in [0.2, 0.25) is 0 Å². The molecule has 0 saturated heterocycles. The molecule has 5 heteroatoms. The number of carboxylic acids is 1. The van der Waals surface area contributed by atoms with E-state index >= 15 is 0 Å². The van der Waals surface area contributed by atoms with Crippen molar-refractivity contribution in [3.05, 3.63) is 52.8 Å². The molecule has 0 saturated carbocycles. The van der Waals surface area contributed by atoms with Crippen LogP contribution < -0.4 is 0 Å². The molecule has 0 radical (unpaired) electrons. The molecule has 0 bridgehead atoms. The smallest absolute Gasteiger partial charge is 0.356 e. The van der Waals surface area contributed by atoms with Crippen LogP contribution in [0.25, 0.3) is 0 Å². The molecule has 0 spiro atoms. The molecule has 3 rings (SSSR count). The first kappa shape index (κ1) is 12.9. The third kappa shape index (κ3) is 2.32. The Balaban J connectivity index is 1.80. The molecule has 104 valence electrons. The SMILES string of the molecule is Cn1nc(C(=O)O)c2c1CN(Cc1ccccc1)CC2. The first-order chi connectivity index (χ1) is 9.65. The Kier molecular flexibility index (Phi) is 3.28. The van der Waals surface area contributed by atoms with Gasteiger partial charge in [-0.15, -0.1) is 0 Å². The normalized spacial score (nSPS) is 15.1. The van der Waals surface area contributed by atoms with E-state index in [9.17, 15) is 4.79 Å². The van der Waals surface area contributed by atoms with E-state index in [-0.39, 0.29) is 5.69 Å². The van der Waals surface area contributed by atoms with E-state index in [1.54, 1.807) is 4.68 Å². The van der Waals surface area contributed by atoms with E-state index in [1.807, 2.05) is 25.2 Å². The fourth-order valence-electron chi connectivity index (χ4n) is 2.77. The topological polar surface area (TPSA) is 58.4 Å². The molecule has 2 heterocycles. The van der Waals surface area contributed by atoms with E-state index in [2.05, 4.69) is 22.1 Å². The van der Waals surface area contributed by atoms with Crippen molar-refractivity contribution in [2.24, 2.45) is 7.05 Å². The Morgan fingerprint density at radius 3 is 2.80 bits per heavy atom. The molecule has 0 unspecified atom stereocenters. The van der Waals surface area contributed by atoms with Gasteiger partial charge in [0.05, 0.1) is 5.69 Å². The Morgan fingerprint density at radius 2 is 2.10 bits per heavy atom. The van der Waals surface area contributed by atoms with Crippen molar-refractivity contribution >= 4 is 5.97 Å². The second-order valence-electron chi connectivity index (χ2n) is 5.15. The summed E-state index contributed by atoms with van der Waals surface area (Å²) in [6, 6.07) is 10.3. The number of aromatic nitrogens is 2. The number of fused-ring (bicyclic) bond motifs is 1. The van der Waals surface area contributed by atoms with Crippen molar-refractivity contribution in [2.75, 3.05) is 6.54 Å². The fourth-order valence-corrected chi connectivity index (χ4v) is 2.77. The predicted octanol–water partition coefficient (Wildman–Crippen LogP) is 1.68. The summed E-state index contributed by atoms with van der Waals surface area (Å²) in [6.45, 7) is 2.50. The summed E-state index contributed by atoms with van der Waals surface area (Å²) in [6.07, 6.45) is 0.748. The molecular weight excluding hydrogens is 254 g/mol. The van der Waals surface area contributed by atoms with Gasteiger partial charge < -0.3 is 5.11 Å². The minimum atomic E-state index is -0.932. The summed E-state index contributed by atoms with van der Waals surface area (Å²) in [4.78, 5) is 13.5.